The van der Waals surface area contributed by atoms with Gasteiger partial charge in [-0.3, -0.25) is 4.90 Å². The summed E-state index contributed by atoms with van der Waals surface area (Å²) in [6.07, 6.45) is 0.311. The van der Waals surface area contributed by atoms with Crippen LogP contribution in [0.4, 0.5) is 0 Å². The first-order valence-corrected chi connectivity index (χ1v) is 7.93. The van der Waals surface area contributed by atoms with Crippen LogP contribution in [0.3, 0.4) is 0 Å². The van der Waals surface area contributed by atoms with E-state index in [4.69, 9.17) is 4.74 Å². The molecule has 2 atom stereocenters. The third-order valence-corrected chi connectivity index (χ3v) is 4.91. The van der Waals surface area contributed by atoms with Crippen LogP contribution in [0.15, 0.2) is 0 Å². The van der Waals surface area contributed by atoms with E-state index in [0.29, 0.717) is 12.1 Å². The molecule has 108 valence electrons. The van der Waals surface area contributed by atoms with Crippen LogP contribution in [0.5, 0.6) is 0 Å². The lowest BCUT2D eigenvalue weighted by molar-refractivity contribution is -0.0261. The van der Waals surface area contributed by atoms with Gasteiger partial charge in [0.2, 0.25) is 0 Å². The summed E-state index contributed by atoms with van der Waals surface area (Å²) < 4.78 is 5.82. The van der Waals surface area contributed by atoms with Gasteiger partial charge in [-0.1, -0.05) is 6.92 Å². The maximum atomic E-state index is 5.82. The van der Waals surface area contributed by atoms with Crippen LogP contribution in [-0.4, -0.2) is 48.8 Å². The zero-order valence-corrected chi connectivity index (χ0v) is 13.2. The SMILES string of the molecule is CCN1CCOC(CNC(C)c2sc(C)nc2C)C1. The van der Waals surface area contributed by atoms with E-state index in [0.717, 1.165) is 43.5 Å². The minimum absolute atomic E-state index is 0.311. The van der Waals surface area contributed by atoms with E-state index < -0.39 is 0 Å². The lowest BCUT2D eigenvalue weighted by Crippen LogP contribution is -2.46. The smallest absolute Gasteiger partial charge is 0.0900 e. The molecule has 0 saturated carbocycles. The number of morpholine rings is 1. The van der Waals surface area contributed by atoms with Gasteiger partial charge in [0.1, 0.15) is 0 Å². The van der Waals surface area contributed by atoms with Gasteiger partial charge in [0.05, 0.1) is 23.4 Å². The Kier molecular flexibility index (Phi) is 5.33. The first-order chi connectivity index (χ1) is 9.10. The van der Waals surface area contributed by atoms with E-state index in [1.165, 1.54) is 4.88 Å². The summed E-state index contributed by atoms with van der Waals surface area (Å²) in [4.78, 5) is 8.29. The normalized spacial score (nSPS) is 22.6. The Hall–Kier alpha value is -0.490. The third kappa shape index (κ3) is 3.99. The molecule has 5 heteroatoms. The lowest BCUT2D eigenvalue weighted by atomic mass is 10.2. The average molecular weight is 283 g/mol. The van der Waals surface area contributed by atoms with Crippen molar-refractivity contribution in [3.63, 3.8) is 0 Å². The highest BCUT2D eigenvalue weighted by Gasteiger charge is 2.20. The van der Waals surface area contributed by atoms with Crippen LogP contribution in [0.1, 0.15) is 35.5 Å². The number of aromatic nitrogens is 1. The minimum atomic E-state index is 0.311. The molecule has 19 heavy (non-hydrogen) atoms. The van der Waals surface area contributed by atoms with E-state index in [9.17, 15) is 0 Å². The van der Waals surface area contributed by atoms with E-state index >= 15 is 0 Å². The summed E-state index contributed by atoms with van der Waals surface area (Å²) in [6.45, 7) is 13.6. The lowest BCUT2D eigenvalue weighted by Gasteiger charge is -2.32. The van der Waals surface area contributed by atoms with Crippen molar-refractivity contribution >= 4 is 11.3 Å². The van der Waals surface area contributed by atoms with Gasteiger partial charge in [0.25, 0.3) is 0 Å². The zero-order chi connectivity index (χ0) is 13.8. The van der Waals surface area contributed by atoms with Gasteiger partial charge >= 0.3 is 0 Å². The van der Waals surface area contributed by atoms with Crippen molar-refractivity contribution in [1.82, 2.24) is 15.2 Å². The average Bonchev–Trinajstić information content (AvgIpc) is 2.75. The van der Waals surface area contributed by atoms with Crippen LogP contribution in [0, 0.1) is 13.8 Å². The summed E-state index contributed by atoms with van der Waals surface area (Å²) in [6, 6.07) is 0.354. The molecule has 0 aliphatic carbocycles. The predicted octanol–water partition coefficient (Wildman–Crippen LogP) is 2.13. The molecule has 0 aromatic carbocycles. The number of nitrogens with zero attached hydrogens (tertiary/aromatic N) is 2. The second-order valence-corrected chi connectivity index (χ2v) is 6.43. The Labute approximate surface area is 120 Å². The van der Waals surface area contributed by atoms with E-state index in [-0.39, 0.29) is 0 Å². The van der Waals surface area contributed by atoms with Crippen molar-refractivity contribution < 1.29 is 4.74 Å². The molecular formula is C14H25N3OS. The van der Waals surface area contributed by atoms with Gasteiger partial charge in [0.15, 0.2) is 0 Å². The van der Waals surface area contributed by atoms with E-state index in [1.54, 1.807) is 11.3 Å². The van der Waals surface area contributed by atoms with Gasteiger partial charge in [-0.25, -0.2) is 4.98 Å². The van der Waals surface area contributed by atoms with Gasteiger partial charge < -0.3 is 10.1 Å². The van der Waals surface area contributed by atoms with Crippen molar-refractivity contribution in [2.75, 3.05) is 32.8 Å². The van der Waals surface area contributed by atoms with Crippen LogP contribution in [0.25, 0.3) is 0 Å². The molecule has 1 fully saturated rings. The van der Waals surface area contributed by atoms with Crippen molar-refractivity contribution in [2.45, 2.75) is 39.8 Å². The molecule has 1 aromatic rings. The molecule has 1 aliphatic heterocycles. The van der Waals surface area contributed by atoms with Gasteiger partial charge in [-0.05, 0) is 27.3 Å². The highest BCUT2D eigenvalue weighted by Crippen LogP contribution is 2.24. The molecule has 2 rings (SSSR count). The van der Waals surface area contributed by atoms with Crippen molar-refractivity contribution in [3.05, 3.63) is 15.6 Å². The number of ether oxygens (including phenoxy) is 1. The summed E-state index contributed by atoms with van der Waals surface area (Å²) in [7, 11) is 0. The molecule has 0 bridgehead atoms. The molecule has 1 aliphatic rings. The molecule has 2 heterocycles. The van der Waals surface area contributed by atoms with Crippen molar-refractivity contribution in [3.8, 4) is 0 Å². The molecule has 0 radical (unpaired) electrons. The maximum absolute atomic E-state index is 5.82. The fourth-order valence-electron chi connectivity index (χ4n) is 2.54. The number of thiazole rings is 1. The largest absolute Gasteiger partial charge is 0.374 e. The van der Waals surface area contributed by atoms with Crippen molar-refractivity contribution in [2.24, 2.45) is 0 Å². The Morgan fingerprint density at radius 1 is 1.53 bits per heavy atom. The molecule has 0 spiro atoms. The second kappa shape index (κ2) is 6.79. The van der Waals surface area contributed by atoms with E-state index in [1.807, 2.05) is 0 Å². The topological polar surface area (TPSA) is 37.4 Å². The zero-order valence-electron chi connectivity index (χ0n) is 12.4. The van der Waals surface area contributed by atoms with Crippen molar-refractivity contribution in [1.29, 1.82) is 0 Å². The monoisotopic (exact) mass is 283 g/mol. The highest BCUT2D eigenvalue weighted by atomic mass is 32.1. The van der Waals surface area contributed by atoms with Crippen LogP contribution < -0.4 is 5.32 Å². The molecule has 1 N–H and O–H groups in total. The fraction of sp³-hybridized carbons (Fsp3) is 0.786. The molecule has 2 unspecified atom stereocenters. The Morgan fingerprint density at radius 3 is 2.95 bits per heavy atom. The second-order valence-electron chi connectivity index (χ2n) is 5.20. The van der Waals surface area contributed by atoms with Gasteiger partial charge in [-0.15, -0.1) is 11.3 Å². The standard InChI is InChI=1S/C14H25N3OS/c1-5-17-6-7-18-13(9-17)8-15-10(2)14-11(3)16-12(4)19-14/h10,13,15H,5-9H2,1-4H3. The van der Waals surface area contributed by atoms with Crippen LogP contribution in [-0.2, 0) is 4.74 Å². The summed E-state index contributed by atoms with van der Waals surface area (Å²) in [5.74, 6) is 0. The minimum Gasteiger partial charge on any atom is -0.374 e. The quantitative estimate of drug-likeness (QED) is 0.898. The predicted molar refractivity (Wildman–Crippen MR) is 79.9 cm³/mol. The van der Waals surface area contributed by atoms with Gasteiger partial charge in [-0.2, -0.15) is 0 Å². The summed E-state index contributed by atoms with van der Waals surface area (Å²) in [5, 5.41) is 4.73. The van der Waals surface area contributed by atoms with Crippen LogP contribution >= 0.6 is 11.3 Å². The first-order valence-electron chi connectivity index (χ1n) is 7.11. The van der Waals surface area contributed by atoms with E-state index in [2.05, 4.69) is 42.9 Å². The number of nitrogens with one attached hydrogen (secondary N) is 1. The maximum Gasteiger partial charge on any atom is 0.0900 e. The summed E-state index contributed by atoms with van der Waals surface area (Å²) in [5.41, 5.74) is 1.15. The third-order valence-electron chi connectivity index (χ3n) is 3.65. The Morgan fingerprint density at radius 2 is 2.32 bits per heavy atom. The summed E-state index contributed by atoms with van der Waals surface area (Å²) >= 11 is 1.79. The molecular weight excluding hydrogens is 258 g/mol. The number of rotatable bonds is 5. The molecule has 0 amide bonds. The number of hydrogen-bond acceptors (Lipinski definition) is 5. The molecule has 4 nitrogen and oxygen atoms in total. The van der Waals surface area contributed by atoms with Crippen LogP contribution in [0.2, 0.25) is 0 Å². The number of aryl methyl sites for hydroxylation is 2. The Bertz CT molecular complexity index is 407. The first kappa shape index (κ1) is 14.9. The van der Waals surface area contributed by atoms with Gasteiger partial charge in [0, 0.05) is 30.6 Å². The fourth-order valence-corrected chi connectivity index (χ4v) is 3.50. The molecule has 1 saturated heterocycles. The molecule has 1 aromatic heterocycles. The highest BCUT2D eigenvalue weighted by molar-refractivity contribution is 7.11. The number of likely N-dealkylation sites (N-methyl/N-ethyl adjacent to an activating group) is 1. The Balaban J connectivity index is 1.83. The number of hydrogen-bond donors (Lipinski definition) is 1.